The summed E-state index contributed by atoms with van der Waals surface area (Å²) >= 11 is 0. The molecule has 0 spiro atoms. The van der Waals surface area contributed by atoms with Crippen LogP contribution in [0.5, 0.6) is 11.5 Å². The van der Waals surface area contributed by atoms with E-state index in [-0.39, 0.29) is 5.91 Å². The number of nitrogens with one attached hydrogen (secondary N) is 2. The molecule has 0 unspecified atom stereocenters. The zero-order valence-electron chi connectivity index (χ0n) is 15.9. The molecule has 0 bridgehead atoms. The van der Waals surface area contributed by atoms with E-state index >= 15 is 0 Å². The molecule has 148 valence electrons. The van der Waals surface area contributed by atoms with Crippen molar-refractivity contribution in [1.82, 2.24) is 15.1 Å². The summed E-state index contributed by atoms with van der Waals surface area (Å²) in [5, 5.41) is 9.57. The van der Waals surface area contributed by atoms with E-state index in [0.717, 1.165) is 11.4 Å². The average Bonchev–Trinajstić information content (AvgIpc) is 3.30. The van der Waals surface area contributed by atoms with Crippen LogP contribution in [0, 0.1) is 0 Å². The van der Waals surface area contributed by atoms with Crippen LogP contribution in [-0.4, -0.2) is 34.3 Å². The van der Waals surface area contributed by atoms with Gasteiger partial charge in [0.05, 0.1) is 11.9 Å². The summed E-state index contributed by atoms with van der Waals surface area (Å²) in [6.07, 6.45) is 3.96. The van der Waals surface area contributed by atoms with Gasteiger partial charge in [-0.2, -0.15) is 5.10 Å². The highest BCUT2D eigenvalue weighted by Gasteiger charge is 2.34. The van der Waals surface area contributed by atoms with Crippen molar-refractivity contribution in [3.63, 3.8) is 0 Å². The number of rotatable bonds is 5. The molecule has 0 radical (unpaired) electrons. The van der Waals surface area contributed by atoms with E-state index in [2.05, 4.69) is 15.7 Å². The van der Waals surface area contributed by atoms with Crippen molar-refractivity contribution in [2.75, 3.05) is 16.8 Å². The fourth-order valence-corrected chi connectivity index (χ4v) is 3.17. The van der Waals surface area contributed by atoms with Crippen molar-refractivity contribution < 1.29 is 14.3 Å². The quantitative estimate of drug-likeness (QED) is 0.699. The second-order valence-electron chi connectivity index (χ2n) is 6.74. The number of anilines is 2. The van der Waals surface area contributed by atoms with E-state index in [1.807, 2.05) is 30.3 Å². The highest BCUT2D eigenvalue weighted by atomic mass is 16.5. The molecule has 29 heavy (non-hydrogen) atoms. The molecular weight excluding hydrogens is 370 g/mol. The number of amides is 3. The third-order valence-corrected chi connectivity index (χ3v) is 4.60. The van der Waals surface area contributed by atoms with E-state index in [9.17, 15) is 9.59 Å². The lowest BCUT2D eigenvalue weighted by molar-refractivity contribution is -0.118. The summed E-state index contributed by atoms with van der Waals surface area (Å²) in [7, 11) is 1.80. The maximum atomic E-state index is 12.6. The molecule has 2 N–H and O–H groups in total. The summed E-state index contributed by atoms with van der Waals surface area (Å²) in [5.41, 5.74) is 1.34. The number of carbonyl (C=O) groups excluding carboxylic acids is 2. The van der Waals surface area contributed by atoms with Crippen LogP contribution in [0.4, 0.5) is 16.2 Å². The van der Waals surface area contributed by atoms with E-state index in [0.29, 0.717) is 24.4 Å². The number of ether oxygens (including phenoxy) is 1. The van der Waals surface area contributed by atoms with Crippen molar-refractivity contribution in [3.05, 3.63) is 67.0 Å². The number of hydrogen-bond donors (Lipinski definition) is 2. The molecule has 4 rings (SSSR count). The third-order valence-electron chi connectivity index (χ3n) is 4.60. The van der Waals surface area contributed by atoms with Gasteiger partial charge in [-0.1, -0.05) is 18.2 Å². The Morgan fingerprint density at radius 1 is 1.10 bits per heavy atom. The number of urea groups is 1. The first kappa shape index (κ1) is 18.5. The Hall–Kier alpha value is -3.81. The van der Waals surface area contributed by atoms with Crippen LogP contribution in [0.25, 0.3) is 0 Å². The fraction of sp³-hybridized carbons (Fsp3) is 0.190. The zero-order chi connectivity index (χ0) is 20.2. The molecule has 1 fully saturated rings. The molecule has 2 heterocycles. The fourth-order valence-electron chi connectivity index (χ4n) is 3.17. The van der Waals surface area contributed by atoms with Crippen molar-refractivity contribution in [2.45, 2.75) is 12.5 Å². The van der Waals surface area contributed by atoms with Crippen molar-refractivity contribution in [2.24, 2.45) is 7.05 Å². The SMILES string of the molecule is Cn1cc(N2CC[C@@H](NC(=O)Nc3ccc(Oc4ccccc4)cc3)C2=O)cn1. The molecule has 8 nitrogen and oxygen atoms in total. The van der Waals surface area contributed by atoms with Crippen LogP contribution < -0.4 is 20.3 Å². The Morgan fingerprint density at radius 3 is 2.52 bits per heavy atom. The maximum Gasteiger partial charge on any atom is 0.319 e. The molecule has 0 aliphatic carbocycles. The Kier molecular flexibility index (Phi) is 5.15. The largest absolute Gasteiger partial charge is 0.457 e. The number of nitrogens with zero attached hydrogens (tertiary/aromatic N) is 3. The topological polar surface area (TPSA) is 88.5 Å². The minimum absolute atomic E-state index is 0.139. The predicted molar refractivity (Wildman–Crippen MR) is 109 cm³/mol. The van der Waals surface area contributed by atoms with Gasteiger partial charge in [0.1, 0.15) is 17.5 Å². The number of aryl methyl sites for hydroxylation is 1. The molecule has 3 aromatic rings. The van der Waals surface area contributed by atoms with E-state index in [1.54, 1.807) is 53.3 Å². The molecule has 1 aliphatic heterocycles. The van der Waals surface area contributed by atoms with Gasteiger partial charge >= 0.3 is 6.03 Å². The van der Waals surface area contributed by atoms with Gasteiger partial charge in [-0.05, 0) is 42.8 Å². The maximum absolute atomic E-state index is 12.6. The predicted octanol–water partition coefficient (Wildman–Crippen LogP) is 3.14. The lowest BCUT2D eigenvalue weighted by Gasteiger charge is -2.15. The van der Waals surface area contributed by atoms with Crippen LogP contribution >= 0.6 is 0 Å². The number of carbonyl (C=O) groups is 2. The lowest BCUT2D eigenvalue weighted by Crippen LogP contribution is -2.43. The Labute approximate surface area is 168 Å². The van der Waals surface area contributed by atoms with Gasteiger partial charge in [-0.15, -0.1) is 0 Å². The minimum Gasteiger partial charge on any atom is -0.457 e. The lowest BCUT2D eigenvalue weighted by atomic mass is 10.2. The molecule has 8 heteroatoms. The van der Waals surface area contributed by atoms with E-state index in [4.69, 9.17) is 4.74 Å². The van der Waals surface area contributed by atoms with Gasteiger partial charge in [-0.3, -0.25) is 9.48 Å². The highest BCUT2D eigenvalue weighted by Crippen LogP contribution is 2.23. The third kappa shape index (κ3) is 4.37. The average molecular weight is 391 g/mol. The van der Waals surface area contributed by atoms with Crippen LogP contribution in [0.3, 0.4) is 0 Å². The van der Waals surface area contributed by atoms with Crippen LogP contribution in [0.2, 0.25) is 0 Å². The monoisotopic (exact) mass is 391 g/mol. The van der Waals surface area contributed by atoms with Gasteiger partial charge in [0, 0.05) is 25.5 Å². The Balaban J connectivity index is 1.31. The summed E-state index contributed by atoms with van der Waals surface area (Å²) in [4.78, 5) is 26.5. The first-order valence-electron chi connectivity index (χ1n) is 9.29. The highest BCUT2D eigenvalue weighted by molar-refractivity contribution is 6.02. The summed E-state index contributed by atoms with van der Waals surface area (Å²) in [6, 6.07) is 15.5. The molecule has 3 amide bonds. The van der Waals surface area contributed by atoms with Gasteiger partial charge in [-0.25, -0.2) is 4.79 Å². The summed E-state index contributed by atoms with van der Waals surface area (Å²) < 4.78 is 7.37. The molecule has 1 aromatic heterocycles. The zero-order valence-corrected chi connectivity index (χ0v) is 15.9. The molecule has 2 aromatic carbocycles. The summed E-state index contributed by atoms with van der Waals surface area (Å²) in [6.45, 7) is 0.543. The van der Waals surface area contributed by atoms with E-state index in [1.165, 1.54) is 0 Å². The number of para-hydroxylation sites is 1. The molecule has 1 aliphatic rings. The van der Waals surface area contributed by atoms with Gasteiger partial charge in [0.15, 0.2) is 0 Å². The Morgan fingerprint density at radius 2 is 1.83 bits per heavy atom. The van der Waals surface area contributed by atoms with Crippen LogP contribution in [0.1, 0.15) is 6.42 Å². The smallest absolute Gasteiger partial charge is 0.319 e. The normalized spacial score (nSPS) is 16.0. The number of benzene rings is 2. The second kappa shape index (κ2) is 8.05. The van der Waals surface area contributed by atoms with Gasteiger partial charge in [0.2, 0.25) is 5.91 Å². The minimum atomic E-state index is -0.559. The molecule has 1 saturated heterocycles. The molecule has 1 atom stereocenters. The molecular formula is C21H21N5O3. The first-order valence-corrected chi connectivity index (χ1v) is 9.29. The van der Waals surface area contributed by atoms with Gasteiger partial charge in [0.25, 0.3) is 0 Å². The summed E-state index contributed by atoms with van der Waals surface area (Å²) in [5.74, 6) is 1.27. The van der Waals surface area contributed by atoms with Crippen molar-refractivity contribution in [3.8, 4) is 11.5 Å². The van der Waals surface area contributed by atoms with Crippen LogP contribution in [-0.2, 0) is 11.8 Å². The van der Waals surface area contributed by atoms with Gasteiger partial charge < -0.3 is 20.3 Å². The first-order chi connectivity index (χ1) is 14.1. The molecule has 0 saturated carbocycles. The van der Waals surface area contributed by atoms with Crippen molar-refractivity contribution >= 4 is 23.3 Å². The number of aromatic nitrogens is 2. The Bertz CT molecular complexity index is 1000. The standard InChI is InChI=1S/C21H21N5O3/c1-25-14-16(13-22-25)26-12-11-19(20(26)27)24-21(28)23-15-7-9-18(10-8-15)29-17-5-3-2-4-6-17/h2-10,13-14,19H,11-12H2,1H3,(H2,23,24,28)/t19-/m1/s1. The van der Waals surface area contributed by atoms with Crippen LogP contribution in [0.15, 0.2) is 67.0 Å². The number of hydrogen-bond acceptors (Lipinski definition) is 4. The van der Waals surface area contributed by atoms with E-state index < -0.39 is 12.1 Å². The second-order valence-corrected chi connectivity index (χ2v) is 6.74. The van der Waals surface area contributed by atoms with Crippen molar-refractivity contribution in [1.29, 1.82) is 0 Å².